The molecule has 0 aliphatic rings. The maximum absolute atomic E-state index is 12.4. The van der Waals surface area contributed by atoms with Gasteiger partial charge in [0.05, 0.1) is 5.56 Å². The number of rotatable bonds is 4. The van der Waals surface area contributed by atoms with Gasteiger partial charge in [-0.1, -0.05) is 0 Å². The van der Waals surface area contributed by atoms with Crippen LogP contribution in [-0.2, 0) is 6.18 Å². The lowest BCUT2D eigenvalue weighted by molar-refractivity contribution is -0.137. The quantitative estimate of drug-likeness (QED) is 0.775. The first kappa shape index (κ1) is 14.6. The van der Waals surface area contributed by atoms with E-state index in [2.05, 4.69) is 21.2 Å². The van der Waals surface area contributed by atoms with E-state index in [1.165, 1.54) is 6.07 Å². The monoisotopic (exact) mass is 329 g/mol. The van der Waals surface area contributed by atoms with Gasteiger partial charge in [0, 0.05) is 22.1 Å². The highest BCUT2D eigenvalue weighted by molar-refractivity contribution is 9.10. The molecule has 17 heavy (non-hydrogen) atoms. The average Bonchev–Trinajstić information content (AvgIpc) is 2.20. The van der Waals surface area contributed by atoms with Gasteiger partial charge < -0.3 is 5.32 Å². The van der Waals surface area contributed by atoms with Crippen molar-refractivity contribution in [3.63, 3.8) is 0 Å². The van der Waals surface area contributed by atoms with Crippen molar-refractivity contribution in [2.75, 3.05) is 11.2 Å². The van der Waals surface area contributed by atoms with Gasteiger partial charge in [0.1, 0.15) is 0 Å². The molecule has 1 aromatic rings. The minimum atomic E-state index is -4.32. The van der Waals surface area contributed by atoms with Crippen LogP contribution in [0.1, 0.15) is 18.9 Å². The minimum absolute atomic E-state index is 0.112. The highest BCUT2D eigenvalue weighted by atomic mass is 79.9. The third-order valence-corrected chi connectivity index (χ3v) is 3.11. The second kappa shape index (κ2) is 5.96. The summed E-state index contributed by atoms with van der Waals surface area (Å²) in [6.07, 6.45) is -3.57. The van der Waals surface area contributed by atoms with E-state index in [4.69, 9.17) is 11.6 Å². The van der Waals surface area contributed by atoms with E-state index in [9.17, 15) is 13.2 Å². The molecule has 6 heteroatoms. The Morgan fingerprint density at radius 1 is 1.41 bits per heavy atom. The molecule has 1 rings (SSSR count). The number of alkyl halides is 4. The number of hydrogen-bond acceptors (Lipinski definition) is 1. The fraction of sp³-hybridized carbons (Fsp3) is 0.455. The highest BCUT2D eigenvalue weighted by Gasteiger charge is 2.30. The maximum Gasteiger partial charge on any atom is 0.416 e. The number of hydrogen-bond donors (Lipinski definition) is 1. The molecule has 1 atom stereocenters. The Labute approximate surface area is 111 Å². The smallest absolute Gasteiger partial charge is 0.382 e. The average molecular weight is 331 g/mol. The first-order valence-corrected chi connectivity index (χ1v) is 6.36. The van der Waals surface area contributed by atoms with Crippen molar-refractivity contribution in [3.8, 4) is 0 Å². The summed E-state index contributed by atoms with van der Waals surface area (Å²) in [4.78, 5) is 0. The van der Waals surface area contributed by atoms with E-state index in [-0.39, 0.29) is 6.04 Å². The van der Waals surface area contributed by atoms with Crippen molar-refractivity contribution in [2.45, 2.75) is 25.6 Å². The van der Waals surface area contributed by atoms with E-state index < -0.39 is 11.7 Å². The molecule has 0 spiro atoms. The summed E-state index contributed by atoms with van der Waals surface area (Å²) in [5.41, 5.74) is -0.0319. The first-order valence-electron chi connectivity index (χ1n) is 5.04. The lowest BCUT2D eigenvalue weighted by Gasteiger charge is -2.16. The molecule has 0 saturated heterocycles. The molecule has 0 radical (unpaired) electrons. The van der Waals surface area contributed by atoms with Crippen molar-refractivity contribution >= 4 is 33.2 Å². The summed E-state index contributed by atoms with van der Waals surface area (Å²) in [6.45, 7) is 1.92. The Hall–Kier alpha value is -0.420. The van der Waals surface area contributed by atoms with Crippen LogP contribution in [0.2, 0.25) is 0 Å². The predicted molar refractivity (Wildman–Crippen MR) is 67.6 cm³/mol. The number of benzene rings is 1. The van der Waals surface area contributed by atoms with Crippen molar-refractivity contribution in [1.82, 2.24) is 0 Å². The predicted octanol–water partition coefficient (Wildman–Crippen LogP) is 4.90. The van der Waals surface area contributed by atoms with Crippen molar-refractivity contribution in [2.24, 2.45) is 0 Å². The molecule has 1 nitrogen and oxygen atoms in total. The van der Waals surface area contributed by atoms with Gasteiger partial charge in [-0.3, -0.25) is 0 Å². The second-order valence-electron chi connectivity index (χ2n) is 3.72. The molecule has 0 heterocycles. The summed E-state index contributed by atoms with van der Waals surface area (Å²) in [5, 5.41) is 3.09. The Morgan fingerprint density at radius 2 is 2.06 bits per heavy atom. The SMILES string of the molecule is CC(CCCl)Nc1ccc(C(F)(F)F)cc1Br. The molecule has 0 aromatic heterocycles. The van der Waals surface area contributed by atoms with Crippen LogP contribution < -0.4 is 5.32 Å². The molecule has 0 amide bonds. The molecular weight excluding hydrogens is 318 g/mol. The Balaban J connectivity index is 2.83. The van der Waals surface area contributed by atoms with Crippen LogP contribution in [0, 0.1) is 0 Å². The Bertz CT molecular complexity index is 381. The van der Waals surface area contributed by atoms with Gasteiger partial charge in [0.2, 0.25) is 0 Å². The summed E-state index contributed by atoms with van der Waals surface area (Å²) in [7, 11) is 0. The molecule has 0 aliphatic carbocycles. The number of anilines is 1. The molecule has 1 N–H and O–H groups in total. The Kier molecular flexibility index (Phi) is 5.13. The Morgan fingerprint density at radius 3 is 2.53 bits per heavy atom. The lowest BCUT2D eigenvalue weighted by Crippen LogP contribution is -2.16. The van der Waals surface area contributed by atoms with Crippen LogP contribution in [0.5, 0.6) is 0 Å². The van der Waals surface area contributed by atoms with Crippen LogP contribution in [0.3, 0.4) is 0 Å². The lowest BCUT2D eigenvalue weighted by atomic mass is 10.2. The molecule has 0 saturated carbocycles. The molecular formula is C11H12BrClF3N. The summed E-state index contributed by atoms with van der Waals surface area (Å²) < 4.78 is 37.7. The third kappa shape index (κ3) is 4.39. The van der Waals surface area contributed by atoms with Gasteiger partial charge in [-0.2, -0.15) is 13.2 Å². The first-order chi connectivity index (χ1) is 7.84. The largest absolute Gasteiger partial charge is 0.416 e. The highest BCUT2D eigenvalue weighted by Crippen LogP contribution is 2.34. The zero-order valence-electron chi connectivity index (χ0n) is 9.11. The summed E-state index contributed by atoms with van der Waals surface area (Å²) in [6, 6.07) is 3.65. The fourth-order valence-electron chi connectivity index (χ4n) is 1.31. The van der Waals surface area contributed by atoms with E-state index in [0.717, 1.165) is 18.6 Å². The third-order valence-electron chi connectivity index (χ3n) is 2.24. The second-order valence-corrected chi connectivity index (χ2v) is 4.95. The molecule has 96 valence electrons. The molecule has 0 bridgehead atoms. The molecule has 0 aliphatic heterocycles. The zero-order chi connectivity index (χ0) is 13.1. The van der Waals surface area contributed by atoms with Gasteiger partial charge in [0.25, 0.3) is 0 Å². The topological polar surface area (TPSA) is 12.0 Å². The molecule has 1 unspecified atom stereocenters. The van der Waals surface area contributed by atoms with Gasteiger partial charge in [0.15, 0.2) is 0 Å². The molecule has 1 aromatic carbocycles. The van der Waals surface area contributed by atoms with Crippen LogP contribution >= 0.6 is 27.5 Å². The fourth-order valence-corrected chi connectivity index (χ4v) is 2.13. The summed E-state index contributed by atoms with van der Waals surface area (Å²) in [5.74, 6) is 0.506. The van der Waals surface area contributed by atoms with Crippen LogP contribution in [0.15, 0.2) is 22.7 Å². The van der Waals surface area contributed by atoms with E-state index in [0.29, 0.717) is 16.0 Å². The van der Waals surface area contributed by atoms with Gasteiger partial charge in [-0.15, -0.1) is 11.6 Å². The van der Waals surface area contributed by atoms with Crippen molar-refractivity contribution in [1.29, 1.82) is 0 Å². The number of nitrogens with one attached hydrogen (secondary N) is 1. The van der Waals surface area contributed by atoms with E-state index in [1.807, 2.05) is 6.92 Å². The zero-order valence-corrected chi connectivity index (χ0v) is 11.5. The van der Waals surface area contributed by atoms with E-state index >= 15 is 0 Å². The maximum atomic E-state index is 12.4. The molecule has 0 fully saturated rings. The van der Waals surface area contributed by atoms with Crippen molar-refractivity contribution < 1.29 is 13.2 Å². The van der Waals surface area contributed by atoms with Crippen LogP contribution in [0.4, 0.5) is 18.9 Å². The van der Waals surface area contributed by atoms with E-state index in [1.54, 1.807) is 0 Å². The van der Waals surface area contributed by atoms with Crippen LogP contribution in [-0.4, -0.2) is 11.9 Å². The normalized spacial score (nSPS) is 13.5. The van der Waals surface area contributed by atoms with Crippen molar-refractivity contribution in [3.05, 3.63) is 28.2 Å². The standard InChI is InChI=1S/C11H12BrClF3N/c1-7(4-5-13)17-10-3-2-8(6-9(10)12)11(14,15)16/h2-3,6-7,17H,4-5H2,1H3. The minimum Gasteiger partial charge on any atom is -0.382 e. The van der Waals surface area contributed by atoms with Gasteiger partial charge in [-0.25, -0.2) is 0 Å². The summed E-state index contributed by atoms with van der Waals surface area (Å²) >= 11 is 8.71. The van der Waals surface area contributed by atoms with Gasteiger partial charge >= 0.3 is 6.18 Å². The van der Waals surface area contributed by atoms with Crippen LogP contribution in [0.25, 0.3) is 0 Å². The van der Waals surface area contributed by atoms with Gasteiger partial charge in [-0.05, 0) is 47.5 Å². The number of halogens is 5.